The molecule has 0 bridgehead atoms. The number of hydrogen-bond donors (Lipinski definition) is 1. The highest BCUT2D eigenvalue weighted by atomic mass is 35.5. The van der Waals surface area contributed by atoms with E-state index in [9.17, 15) is 0 Å². The fraction of sp³-hybridized carbons (Fsp3) is 0.333. The second-order valence-electron chi connectivity index (χ2n) is 4.44. The van der Waals surface area contributed by atoms with Crippen LogP contribution in [0.3, 0.4) is 0 Å². The Bertz CT molecular complexity index is 551. The third-order valence-corrected chi connectivity index (χ3v) is 3.75. The molecule has 1 atom stereocenters. The van der Waals surface area contributed by atoms with Gasteiger partial charge in [-0.3, -0.25) is 0 Å². The highest BCUT2D eigenvalue weighted by Gasteiger charge is 2.15. The van der Waals surface area contributed by atoms with Gasteiger partial charge in [-0.2, -0.15) is 0 Å². The number of benzene rings is 1. The van der Waals surface area contributed by atoms with Gasteiger partial charge in [-0.05, 0) is 43.3 Å². The Kier molecular flexibility index (Phi) is 4.92. The molecule has 0 saturated heterocycles. The lowest BCUT2D eigenvalue weighted by Gasteiger charge is -2.15. The number of likely N-dealkylation sites (N-methyl/N-ethyl adjacent to an activating group) is 1. The lowest BCUT2D eigenvalue weighted by molar-refractivity contribution is 0.407. The summed E-state index contributed by atoms with van der Waals surface area (Å²) in [5, 5.41) is 4.60. The topological polar surface area (TPSA) is 25.2 Å². The van der Waals surface area contributed by atoms with E-state index in [2.05, 4.69) is 12.2 Å². The summed E-state index contributed by atoms with van der Waals surface area (Å²) in [6.45, 7) is 2.08. The molecule has 19 heavy (non-hydrogen) atoms. The Balaban J connectivity index is 2.18. The number of nitrogens with one attached hydrogen (secondary N) is 1. The summed E-state index contributed by atoms with van der Waals surface area (Å²) in [5.74, 6) is 1.93. The van der Waals surface area contributed by atoms with Crippen molar-refractivity contribution in [2.45, 2.75) is 25.8 Å². The van der Waals surface area contributed by atoms with Gasteiger partial charge in [0.15, 0.2) is 0 Å². The molecule has 1 unspecified atom stereocenters. The van der Waals surface area contributed by atoms with Crippen LogP contribution in [0.5, 0.6) is 0 Å². The molecule has 1 aromatic heterocycles. The van der Waals surface area contributed by atoms with Crippen LogP contribution in [0.15, 0.2) is 34.7 Å². The highest BCUT2D eigenvalue weighted by molar-refractivity contribution is 6.35. The first-order valence-corrected chi connectivity index (χ1v) is 7.09. The Hall–Kier alpha value is -0.960. The predicted molar refractivity (Wildman–Crippen MR) is 80.1 cm³/mol. The summed E-state index contributed by atoms with van der Waals surface area (Å²) >= 11 is 12.1. The minimum atomic E-state index is 0.110. The average molecular weight is 298 g/mol. The van der Waals surface area contributed by atoms with Crippen LogP contribution in [0, 0.1) is 0 Å². The minimum Gasteiger partial charge on any atom is -0.464 e. The molecule has 1 aromatic carbocycles. The first kappa shape index (κ1) is 14.4. The molecule has 2 rings (SSSR count). The van der Waals surface area contributed by atoms with Crippen LogP contribution in [-0.4, -0.2) is 7.05 Å². The van der Waals surface area contributed by atoms with Gasteiger partial charge in [0.1, 0.15) is 11.5 Å². The number of halogens is 2. The summed E-state index contributed by atoms with van der Waals surface area (Å²) < 4.78 is 5.79. The van der Waals surface area contributed by atoms with E-state index in [0.29, 0.717) is 10.0 Å². The molecule has 0 aliphatic rings. The van der Waals surface area contributed by atoms with Crippen LogP contribution in [0.25, 0.3) is 0 Å². The van der Waals surface area contributed by atoms with E-state index < -0.39 is 0 Å². The molecule has 0 aliphatic heterocycles. The van der Waals surface area contributed by atoms with E-state index in [4.69, 9.17) is 27.6 Å². The van der Waals surface area contributed by atoms with Crippen LogP contribution in [-0.2, 0) is 12.8 Å². The van der Waals surface area contributed by atoms with Crippen molar-refractivity contribution in [2.75, 3.05) is 7.05 Å². The molecule has 2 nitrogen and oxygen atoms in total. The van der Waals surface area contributed by atoms with Gasteiger partial charge in [-0.25, -0.2) is 0 Å². The van der Waals surface area contributed by atoms with E-state index in [1.165, 1.54) is 0 Å². The molecule has 4 heteroatoms. The zero-order valence-electron chi connectivity index (χ0n) is 11.0. The molecular weight excluding hydrogens is 281 g/mol. The molecule has 1 heterocycles. The predicted octanol–water partition coefficient (Wildman–Crippen LogP) is 4.65. The zero-order chi connectivity index (χ0) is 13.8. The van der Waals surface area contributed by atoms with E-state index in [-0.39, 0.29) is 6.04 Å². The molecule has 0 amide bonds. The maximum absolute atomic E-state index is 6.21. The maximum atomic E-state index is 6.21. The number of furan rings is 1. The Labute approximate surface area is 123 Å². The molecule has 0 aliphatic carbocycles. The molecule has 0 saturated carbocycles. The van der Waals surface area contributed by atoms with Crippen LogP contribution in [0.2, 0.25) is 10.0 Å². The molecule has 2 aromatic rings. The minimum absolute atomic E-state index is 0.110. The van der Waals surface area contributed by atoms with Crippen molar-refractivity contribution in [3.63, 3.8) is 0 Å². The first-order valence-electron chi connectivity index (χ1n) is 6.33. The molecule has 0 spiro atoms. The fourth-order valence-electron chi connectivity index (χ4n) is 2.02. The van der Waals surface area contributed by atoms with Crippen LogP contribution < -0.4 is 5.32 Å². The van der Waals surface area contributed by atoms with E-state index >= 15 is 0 Å². The lowest BCUT2D eigenvalue weighted by Crippen LogP contribution is -2.18. The standard InChI is InChI=1S/C15H17Cl2NO/c1-3-12-6-7-15(19-12)14(18-2)8-10-4-5-11(16)9-13(10)17/h4-7,9,14,18H,3,8H2,1-2H3. The summed E-state index contributed by atoms with van der Waals surface area (Å²) in [6.07, 6.45) is 1.67. The monoisotopic (exact) mass is 297 g/mol. The van der Waals surface area contributed by atoms with E-state index in [0.717, 1.165) is 29.9 Å². The summed E-state index contributed by atoms with van der Waals surface area (Å²) in [7, 11) is 1.92. The Morgan fingerprint density at radius 3 is 2.58 bits per heavy atom. The van der Waals surface area contributed by atoms with Crippen molar-refractivity contribution < 1.29 is 4.42 Å². The van der Waals surface area contributed by atoms with Gasteiger partial charge in [0, 0.05) is 16.5 Å². The van der Waals surface area contributed by atoms with Crippen molar-refractivity contribution in [1.29, 1.82) is 0 Å². The fourth-order valence-corrected chi connectivity index (χ4v) is 2.51. The van der Waals surface area contributed by atoms with Crippen molar-refractivity contribution in [3.8, 4) is 0 Å². The van der Waals surface area contributed by atoms with Gasteiger partial charge in [-0.15, -0.1) is 0 Å². The Morgan fingerprint density at radius 2 is 2.00 bits per heavy atom. The average Bonchev–Trinajstić information content (AvgIpc) is 2.86. The van der Waals surface area contributed by atoms with Gasteiger partial charge >= 0.3 is 0 Å². The maximum Gasteiger partial charge on any atom is 0.121 e. The van der Waals surface area contributed by atoms with Gasteiger partial charge in [0.05, 0.1) is 6.04 Å². The molecule has 0 radical (unpaired) electrons. The molecule has 1 N–H and O–H groups in total. The van der Waals surface area contributed by atoms with Crippen LogP contribution in [0.4, 0.5) is 0 Å². The summed E-state index contributed by atoms with van der Waals surface area (Å²) in [5.41, 5.74) is 1.06. The third-order valence-electron chi connectivity index (χ3n) is 3.16. The van der Waals surface area contributed by atoms with Crippen molar-refractivity contribution in [2.24, 2.45) is 0 Å². The normalized spacial score (nSPS) is 12.6. The number of hydrogen-bond acceptors (Lipinski definition) is 2. The molecular formula is C15H17Cl2NO. The smallest absolute Gasteiger partial charge is 0.121 e. The zero-order valence-corrected chi connectivity index (χ0v) is 12.6. The quantitative estimate of drug-likeness (QED) is 0.869. The third kappa shape index (κ3) is 3.53. The molecule has 102 valence electrons. The summed E-state index contributed by atoms with van der Waals surface area (Å²) in [6, 6.07) is 9.73. The van der Waals surface area contributed by atoms with Gasteiger partial charge in [0.2, 0.25) is 0 Å². The number of rotatable bonds is 5. The highest BCUT2D eigenvalue weighted by Crippen LogP contribution is 2.27. The van der Waals surface area contributed by atoms with Gasteiger partial charge in [0.25, 0.3) is 0 Å². The SMILES string of the molecule is CCc1ccc(C(Cc2ccc(Cl)cc2Cl)NC)o1. The number of aryl methyl sites for hydroxylation is 1. The first-order chi connectivity index (χ1) is 9.13. The van der Waals surface area contributed by atoms with E-state index in [1.807, 2.05) is 31.3 Å². The van der Waals surface area contributed by atoms with Gasteiger partial charge in [-0.1, -0.05) is 36.2 Å². The Morgan fingerprint density at radius 1 is 1.21 bits per heavy atom. The second-order valence-corrected chi connectivity index (χ2v) is 5.28. The lowest BCUT2D eigenvalue weighted by atomic mass is 10.0. The van der Waals surface area contributed by atoms with Crippen molar-refractivity contribution >= 4 is 23.2 Å². The van der Waals surface area contributed by atoms with E-state index in [1.54, 1.807) is 6.07 Å². The van der Waals surface area contributed by atoms with Crippen LogP contribution in [0.1, 0.15) is 30.0 Å². The second kappa shape index (κ2) is 6.47. The largest absolute Gasteiger partial charge is 0.464 e. The van der Waals surface area contributed by atoms with Crippen molar-refractivity contribution in [3.05, 3.63) is 57.5 Å². The van der Waals surface area contributed by atoms with Crippen molar-refractivity contribution in [1.82, 2.24) is 5.32 Å². The van der Waals surface area contributed by atoms with Crippen LogP contribution >= 0.6 is 23.2 Å². The summed E-state index contributed by atoms with van der Waals surface area (Å²) in [4.78, 5) is 0. The van der Waals surface area contributed by atoms with Gasteiger partial charge < -0.3 is 9.73 Å². The molecule has 0 fully saturated rings.